The molecular formula is C21H22N2O2. The summed E-state index contributed by atoms with van der Waals surface area (Å²) in [5.74, 6) is -0.252. The van der Waals surface area contributed by atoms with Gasteiger partial charge < -0.3 is 10.2 Å². The molecule has 1 spiro atoms. The first-order valence-corrected chi connectivity index (χ1v) is 8.93. The molecule has 1 N–H and O–H groups in total. The van der Waals surface area contributed by atoms with Crippen molar-refractivity contribution in [2.45, 2.75) is 31.1 Å². The van der Waals surface area contributed by atoms with Crippen molar-refractivity contribution in [3.63, 3.8) is 0 Å². The predicted molar refractivity (Wildman–Crippen MR) is 97.7 cm³/mol. The lowest BCUT2D eigenvalue weighted by atomic mass is 9.81. The van der Waals surface area contributed by atoms with E-state index in [1.807, 2.05) is 35.2 Å². The highest BCUT2D eigenvalue weighted by Crippen LogP contribution is 2.50. The van der Waals surface area contributed by atoms with Gasteiger partial charge in [-0.1, -0.05) is 49.2 Å². The van der Waals surface area contributed by atoms with E-state index < -0.39 is 0 Å². The average Bonchev–Trinajstić information content (AvgIpc) is 3.27. The predicted octanol–water partition coefficient (Wildman–Crippen LogP) is 3.28. The molecule has 1 aliphatic heterocycles. The van der Waals surface area contributed by atoms with Gasteiger partial charge in [0.2, 0.25) is 5.91 Å². The minimum Gasteiger partial charge on any atom is -0.343 e. The van der Waals surface area contributed by atoms with Gasteiger partial charge in [0.1, 0.15) is 0 Å². The highest BCUT2D eigenvalue weighted by Gasteiger charge is 2.45. The number of carbonyl (C=O) groups is 2. The van der Waals surface area contributed by atoms with Crippen LogP contribution in [0.15, 0.2) is 54.6 Å². The van der Waals surface area contributed by atoms with Gasteiger partial charge in [-0.25, -0.2) is 0 Å². The van der Waals surface area contributed by atoms with Gasteiger partial charge in [0, 0.05) is 23.2 Å². The summed E-state index contributed by atoms with van der Waals surface area (Å²) < 4.78 is 0. The standard InChI is InChI=1S/C21H22N2O2/c24-19(14-22-20(25)16-8-2-1-3-9-16)23-15-21(12-6-7-13-21)17-10-4-5-11-18(17)23/h1-5,8-11H,6-7,12-15H2,(H,22,25). The zero-order valence-corrected chi connectivity index (χ0v) is 14.2. The maximum Gasteiger partial charge on any atom is 0.251 e. The molecule has 1 aliphatic carbocycles. The van der Waals surface area contributed by atoms with E-state index in [0.29, 0.717) is 5.56 Å². The molecule has 4 rings (SSSR count). The van der Waals surface area contributed by atoms with Crippen LogP contribution in [0.3, 0.4) is 0 Å². The summed E-state index contributed by atoms with van der Waals surface area (Å²) in [4.78, 5) is 26.8. The topological polar surface area (TPSA) is 49.4 Å². The van der Waals surface area contributed by atoms with Crippen molar-refractivity contribution >= 4 is 17.5 Å². The summed E-state index contributed by atoms with van der Waals surface area (Å²) in [6.45, 7) is 0.768. The molecular weight excluding hydrogens is 312 g/mol. The molecule has 1 heterocycles. The smallest absolute Gasteiger partial charge is 0.251 e. The monoisotopic (exact) mass is 334 g/mol. The molecule has 0 bridgehead atoms. The molecule has 0 saturated heterocycles. The van der Waals surface area contributed by atoms with E-state index in [1.165, 1.54) is 18.4 Å². The highest BCUT2D eigenvalue weighted by molar-refractivity contribution is 6.01. The van der Waals surface area contributed by atoms with Gasteiger partial charge in [0.05, 0.1) is 6.54 Å². The first kappa shape index (κ1) is 15.9. The van der Waals surface area contributed by atoms with Crippen molar-refractivity contribution in [1.29, 1.82) is 0 Å². The van der Waals surface area contributed by atoms with Crippen molar-refractivity contribution in [2.24, 2.45) is 0 Å². The fourth-order valence-corrected chi connectivity index (χ4v) is 4.28. The first-order chi connectivity index (χ1) is 12.2. The van der Waals surface area contributed by atoms with Crippen molar-refractivity contribution in [2.75, 3.05) is 18.0 Å². The maximum absolute atomic E-state index is 12.8. The van der Waals surface area contributed by atoms with Crippen LogP contribution in [0.25, 0.3) is 0 Å². The molecule has 128 valence electrons. The van der Waals surface area contributed by atoms with Crippen LogP contribution in [0.2, 0.25) is 0 Å². The van der Waals surface area contributed by atoms with Crippen LogP contribution in [-0.4, -0.2) is 24.9 Å². The van der Waals surface area contributed by atoms with Crippen molar-refractivity contribution < 1.29 is 9.59 Å². The Morgan fingerprint density at radius 1 is 0.960 bits per heavy atom. The second kappa shape index (κ2) is 6.36. The number of benzene rings is 2. The molecule has 25 heavy (non-hydrogen) atoms. The fourth-order valence-electron chi connectivity index (χ4n) is 4.28. The van der Waals surface area contributed by atoms with Crippen LogP contribution in [0.1, 0.15) is 41.6 Å². The molecule has 0 aromatic heterocycles. The average molecular weight is 334 g/mol. The van der Waals surface area contributed by atoms with Crippen LogP contribution < -0.4 is 10.2 Å². The minimum atomic E-state index is -0.211. The van der Waals surface area contributed by atoms with E-state index in [4.69, 9.17) is 0 Å². The maximum atomic E-state index is 12.8. The Balaban J connectivity index is 1.49. The third kappa shape index (κ3) is 2.82. The zero-order chi connectivity index (χ0) is 17.3. The second-order valence-electron chi connectivity index (χ2n) is 7.03. The van der Waals surface area contributed by atoms with Gasteiger partial charge in [-0.15, -0.1) is 0 Å². The lowest BCUT2D eigenvalue weighted by Gasteiger charge is -2.24. The van der Waals surface area contributed by atoms with Crippen molar-refractivity contribution in [3.05, 3.63) is 65.7 Å². The Morgan fingerprint density at radius 2 is 1.64 bits per heavy atom. The lowest BCUT2D eigenvalue weighted by Crippen LogP contribution is -2.42. The SMILES string of the molecule is O=C(NCC(=O)N1CC2(CCCC2)c2ccccc21)c1ccccc1. The number of anilines is 1. The van der Waals surface area contributed by atoms with E-state index in [1.54, 1.807) is 12.1 Å². The molecule has 4 nitrogen and oxygen atoms in total. The molecule has 2 amide bonds. The number of fused-ring (bicyclic) bond motifs is 2. The number of para-hydroxylation sites is 1. The Labute approximate surface area is 147 Å². The number of hydrogen-bond acceptors (Lipinski definition) is 2. The van der Waals surface area contributed by atoms with Crippen molar-refractivity contribution in [1.82, 2.24) is 5.32 Å². The number of carbonyl (C=O) groups excluding carboxylic acids is 2. The van der Waals surface area contributed by atoms with E-state index in [2.05, 4.69) is 17.4 Å². The highest BCUT2D eigenvalue weighted by atomic mass is 16.2. The van der Waals surface area contributed by atoms with Crippen LogP contribution in [-0.2, 0) is 10.2 Å². The minimum absolute atomic E-state index is 0.0259. The Kier molecular flexibility index (Phi) is 4.04. The Hall–Kier alpha value is -2.62. The molecule has 0 radical (unpaired) electrons. The summed E-state index contributed by atoms with van der Waals surface area (Å²) >= 11 is 0. The molecule has 2 aromatic carbocycles. The van der Waals surface area contributed by atoms with Gasteiger partial charge >= 0.3 is 0 Å². The third-order valence-corrected chi connectivity index (χ3v) is 5.52. The largest absolute Gasteiger partial charge is 0.343 e. The van der Waals surface area contributed by atoms with Gasteiger partial charge in [-0.2, -0.15) is 0 Å². The van der Waals surface area contributed by atoms with Crippen LogP contribution >= 0.6 is 0 Å². The number of rotatable bonds is 3. The number of nitrogens with zero attached hydrogens (tertiary/aromatic N) is 1. The molecule has 0 unspecified atom stereocenters. The van der Waals surface area contributed by atoms with E-state index >= 15 is 0 Å². The summed E-state index contributed by atoms with van der Waals surface area (Å²) in [5, 5.41) is 2.76. The Bertz CT molecular complexity index is 795. The molecule has 0 atom stereocenters. The molecule has 4 heteroatoms. The normalized spacial score (nSPS) is 17.5. The second-order valence-corrected chi connectivity index (χ2v) is 7.03. The van der Waals surface area contributed by atoms with E-state index in [-0.39, 0.29) is 23.8 Å². The summed E-state index contributed by atoms with van der Waals surface area (Å²) in [6.07, 6.45) is 4.73. The summed E-state index contributed by atoms with van der Waals surface area (Å²) in [5.41, 5.74) is 3.01. The lowest BCUT2D eigenvalue weighted by molar-refractivity contribution is -0.117. The van der Waals surface area contributed by atoms with E-state index in [0.717, 1.165) is 25.1 Å². The van der Waals surface area contributed by atoms with Crippen LogP contribution in [0.5, 0.6) is 0 Å². The van der Waals surface area contributed by atoms with Gasteiger partial charge in [0.15, 0.2) is 0 Å². The Morgan fingerprint density at radius 3 is 2.40 bits per heavy atom. The van der Waals surface area contributed by atoms with Crippen LogP contribution in [0.4, 0.5) is 5.69 Å². The summed E-state index contributed by atoms with van der Waals surface area (Å²) in [6, 6.07) is 17.2. The number of amides is 2. The van der Waals surface area contributed by atoms with E-state index in [9.17, 15) is 9.59 Å². The van der Waals surface area contributed by atoms with Gasteiger partial charge in [-0.3, -0.25) is 9.59 Å². The zero-order valence-electron chi connectivity index (χ0n) is 14.2. The van der Waals surface area contributed by atoms with Gasteiger partial charge in [-0.05, 0) is 36.6 Å². The van der Waals surface area contributed by atoms with Crippen molar-refractivity contribution in [3.8, 4) is 0 Å². The number of nitrogens with one attached hydrogen (secondary N) is 1. The third-order valence-electron chi connectivity index (χ3n) is 5.52. The van der Waals surface area contributed by atoms with Crippen LogP contribution in [0, 0.1) is 0 Å². The first-order valence-electron chi connectivity index (χ1n) is 8.93. The fraction of sp³-hybridized carbons (Fsp3) is 0.333. The summed E-state index contributed by atoms with van der Waals surface area (Å²) in [7, 11) is 0. The molecule has 1 saturated carbocycles. The molecule has 2 aromatic rings. The molecule has 1 fully saturated rings. The number of hydrogen-bond donors (Lipinski definition) is 1. The quantitative estimate of drug-likeness (QED) is 0.936. The molecule has 2 aliphatic rings. The van der Waals surface area contributed by atoms with Gasteiger partial charge in [0.25, 0.3) is 5.91 Å².